The molecule has 0 aliphatic heterocycles. The molecule has 0 fully saturated rings. The van der Waals surface area contributed by atoms with Gasteiger partial charge in [0.1, 0.15) is 0 Å². The van der Waals surface area contributed by atoms with Crippen molar-refractivity contribution in [2.75, 3.05) is 24.2 Å². The van der Waals surface area contributed by atoms with Crippen LogP contribution in [0.5, 0.6) is 0 Å². The smallest absolute Gasteiger partial charge is 0.283 e. The van der Waals surface area contributed by atoms with Crippen molar-refractivity contribution >= 4 is 64.1 Å². The van der Waals surface area contributed by atoms with Gasteiger partial charge >= 0.3 is 0 Å². The minimum Gasteiger partial charge on any atom is -0.366 e. The van der Waals surface area contributed by atoms with Crippen LogP contribution in [0.25, 0.3) is 0 Å². The molecule has 164 valence electrons. The van der Waals surface area contributed by atoms with Crippen LogP contribution in [0, 0.1) is 10.1 Å². The predicted molar refractivity (Wildman–Crippen MR) is 120 cm³/mol. The van der Waals surface area contributed by atoms with Gasteiger partial charge in [-0.25, -0.2) is 0 Å². The number of thioether (sulfide) groups is 1. The zero-order valence-electron chi connectivity index (χ0n) is 16.3. The van der Waals surface area contributed by atoms with E-state index in [9.17, 15) is 24.5 Å². The number of anilines is 1. The number of hydrogen-bond donors (Lipinski definition) is 2. The fraction of sp³-hybridized carbons (Fsp3) is 0.211. The maximum Gasteiger partial charge on any atom is 0.283 e. The zero-order chi connectivity index (χ0) is 23.1. The number of amides is 3. The van der Waals surface area contributed by atoms with Gasteiger partial charge in [0.15, 0.2) is 0 Å². The maximum absolute atomic E-state index is 12.6. The Balaban J connectivity index is 2.04. The third kappa shape index (κ3) is 6.58. The summed E-state index contributed by atoms with van der Waals surface area (Å²) in [5.74, 6) is -1.84. The molecule has 0 aliphatic carbocycles. The summed E-state index contributed by atoms with van der Waals surface area (Å²) in [7, 11) is 0. The first-order valence-electron chi connectivity index (χ1n) is 8.86. The van der Waals surface area contributed by atoms with Crippen molar-refractivity contribution in [3.63, 3.8) is 0 Å². The van der Waals surface area contributed by atoms with E-state index < -0.39 is 22.6 Å². The molecule has 9 nitrogen and oxygen atoms in total. The number of nitro benzene ring substituents is 1. The highest BCUT2D eigenvalue weighted by molar-refractivity contribution is 8.00. The maximum atomic E-state index is 12.6. The third-order valence-corrected chi connectivity index (χ3v) is 5.76. The molecule has 2 aromatic rings. The summed E-state index contributed by atoms with van der Waals surface area (Å²) in [6.07, 6.45) is 0. The summed E-state index contributed by atoms with van der Waals surface area (Å²) in [5, 5.41) is 14.4. The topological polar surface area (TPSA) is 136 Å². The molecular formula is C19H18Cl2N4O5S. The van der Waals surface area contributed by atoms with Crippen LogP contribution < -0.4 is 11.1 Å². The van der Waals surface area contributed by atoms with Crippen molar-refractivity contribution in [1.82, 2.24) is 4.90 Å². The van der Waals surface area contributed by atoms with E-state index in [1.54, 1.807) is 25.1 Å². The molecule has 0 saturated heterocycles. The van der Waals surface area contributed by atoms with Gasteiger partial charge in [0.05, 0.1) is 37.8 Å². The van der Waals surface area contributed by atoms with Crippen molar-refractivity contribution in [2.24, 2.45) is 5.73 Å². The van der Waals surface area contributed by atoms with Gasteiger partial charge in [0.25, 0.3) is 5.69 Å². The largest absolute Gasteiger partial charge is 0.366 e. The molecule has 0 radical (unpaired) electrons. The average Bonchev–Trinajstić information content (AvgIpc) is 2.72. The lowest BCUT2D eigenvalue weighted by atomic mass is 10.2. The number of nitrogens with two attached hydrogens (primary N) is 1. The van der Waals surface area contributed by atoms with Gasteiger partial charge in [-0.05, 0) is 31.2 Å². The van der Waals surface area contributed by atoms with E-state index in [-0.39, 0.29) is 50.7 Å². The third-order valence-electron chi connectivity index (χ3n) is 4.09. The summed E-state index contributed by atoms with van der Waals surface area (Å²) in [5.41, 5.74) is 5.06. The highest BCUT2D eigenvalue weighted by Gasteiger charge is 2.21. The van der Waals surface area contributed by atoms with E-state index in [1.165, 1.54) is 17.0 Å². The number of halogens is 2. The number of likely N-dealkylation sites (N-methyl/N-ethyl adjacent to an activating group) is 1. The Hall–Kier alpha value is -2.82. The van der Waals surface area contributed by atoms with Crippen molar-refractivity contribution < 1.29 is 19.3 Å². The number of hydrogen-bond acceptors (Lipinski definition) is 6. The number of rotatable bonds is 9. The predicted octanol–water partition coefficient (Wildman–Crippen LogP) is 3.58. The van der Waals surface area contributed by atoms with E-state index >= 15 is 0 Å². The number of carbonyl (C=O) groups excluding carboxylic acids is 3. The van der Waals surface area contributed by atoms with Gasteiger partial charge in [-0.3, -0.25) is 24.5 Å². The van der Waals surface area contributed by atoms with E-state index in [0.717, 1.165) is 17.8 Å². The lowest BCUT2D eigenvalue weighted by Gasteiger charge is -2.20. The Kier molecular flexibility index (Phi) is 8.66. The Morgan fingerprint density at radius 3 is 2.39 bits per heavy atom. The molecule has 0 spiro atoms. The van der Waals surface area contributed by atoms with Gasteiger partial charge in [0.2, 0.25) is 17.7 Å². The van der Waals surface area contributed by atoms with Gasteiger partial charge < -0.3 is 16.0 Å². The second-order valence-corrected chi connectivity index (χ2v) is 7.98. The highest BCUT2D eigenvalue weighted by Crippen LogP contribution is 2.31. The Morgan fingerprint density at radius 1 is 1.19 bits per heavy atom. The summed E-state index contributed by atoms with van der Waals surface area (Å²) in [6.45, 7) is 1.69. The van der Waals surface area contributed by atoms with Crippen LogP contribution in [0.1, 0.15) is 17.3 Å². The molecule has 0 aromatic heterocycles. The number of primary amides is 1. The molecule has 0 aliphatic rings. The average molecular weight is 485 g/mol. The number of nitro groups is 1. The summed E-state index contributed by atoms with van der Waals surface area (Å²) in [6, 6.07) is 8.54. The van der Waals surface area contributed by atoms with Gasteiger partial charge in [-0.2, -0.15) is 0 Å². The molecule has 2 aromatic carbocycles. The fourth-order valence-electron chi connectivity index (χ4n) is 2.51. The van der Waals surface area contributed by atoms with Crippen LogP contribution in [0.4, 0.5) is 11.4 Å². The first kappa shape index (κ1) is 24.4. The normalized spacial score (nSPS) is 10.4. The standard InChI is InChI=1S/C19H18Cl2N4O5S/c1-2-24(9-16(26)23-18-12(20)4-3-5-13(18)21)17(27)10-31-15-7-6-11(19(22)28)8-14(15)25(29)30/h3-8H,2,9-10H2,1H3,(H2,22,28)(H,23,26). The Bertz CT molecular complexity index is 1010. The second-order valence-electron chi connectivity index (χ2n) is 6.15. The van der Waals surface area contributed by atoms with E-state index in [4.69, 9.17) is 28.9 Å². The molecule has 3 amide bonds. The molecule has 0 bridgehead atoms. The number of carbonyl (C=O) groups is 3. The molecule has 0 saturated carbocycles. The van der Waals surface area contributed by atoms with Crippen molar-refractivity contribution in [3.05, 3.63) is 62.1 Å². The van der Waals surface area contributed by atoms with Crippen LogP contribution in [0.15, 0.2) is 41.3 Å². The molecular weight excluding hydrogens is 467 g/mol. The first-order valence-corrected chi connectivity index (χ1v) is 10.6. The molecule has 0 heterocycles. The van der Waals surface area contributed by atoms with E-state index in [0.29, 0.717) is 0 Å². The molecule has 2 rings (SSSR count). The lowest BCUT2D eigenvalue weighted by Crippen LogP contribution is -2.38. The Morgan fingerprint density at radius 2 is 1.84 bits per heavy atom. The number of benzene rings is 2. The Labute approximate surface area is 192 Å². The molecule has 0 unspecified atom stereocenters. The molecule has 0 atom stereocenters. The van der Waals surface area contributed by atoms with Crippen molar-refractivity contribution in [3.8, 4) is 0 Å². The summed E-state index contributed by atoms with van der Waals surface area (Å²) >= 11 is 13.0. The highest BCUT2D eigenvalue weighted by atomic mass is 35.5. The van der Waals surface area contributed by atoms with Crippen LogP contribution >= 0.6 is 35.0 Å². The zero-order valence-corrected chi connectivity index (χ0v) is 18.6. The number of nitrogens with one attached hydrogen (secondary N) is 1. The van der Waals surface area contributed by atoms with Gasteiger partial charge in [-0.15, -0.1) is 11.8 Å². The number of para-hydroxylation sites is 1. The first-order chi connectivity index (χ1) is 14.6. The van der Waals surface area contributed by atoms with Gasteiger partial charge in [0, 0.05) is 18.2 Å². The lowest BCUT2D eigenvalue weighted by molar-refractivity contribution is -0.387. The minimum absolute atomic E-state index is 0.00698. The van der Waals surface area contributed by atoms with Gasteiger partial charge in [-0.1, -0.05) is 29.3 Å². The van der Waals surface area contributed by atoms with E-state index in [2.05, 4.69) is 5.32 Å². The summed E-state index contributed by atoms with van der Waals surface area (Å²) in [4.78, 5) is 48.2. The number of nitrogens with zero attached hydrogens (tertiary/aromatic N) is 2. The van der Waals surface area contributed by atoms with Crippen LogP contribution in [-0.2, 0) is 9.59 Å². The van der Waals surface area contributed by atoms with Crippen LogP contribution in [-0.4, -0.2) is 46.4 Å². The van der Waals surface area contributed by atoms with Crippen molar-refractivity contribution in [2.45, 2.75) is 11.8 Å². The SMILES string of the molecule is CCN(CC(=O)Nc1c(Cl)cccc1Cl)C(=O)CSc1ccc(C(N)=O)cc1[N+](=O)[O-]. The van der Waals surface area contributed by atoms with Crippen LogP contribution in [0.2, 0.25) is 10.0 Å². The van der Waals surface area contributed by atoms with Crippen LogP contribution in [0.3, 0.4) is 0 Å². The summed E-state index contributed by atoms with van der Waals surface area (Å²) < 4.78 is 0. The van der Waals surface area contributed by atoms with Crippen molar-refractivity contribution in [1.29, 1.82) is 0 Å². The minimum atomic E-state index is -0.794. The monoisotopic (exact) mass is 484 g/mol. The fourth-order valence-corrected chi connectivity index (χ4v) is 3.91. The molecule has 31 heavy (non-hydrogen) atoms. The quantitative estimate of drug-likeness (QED) is 0.317. The molecule has 3 N–H and O–H groups in total. The van der Waals surface area contributed by atoms with E-state index in [1.807, 2.05) is 0 Å². The second kappa shape index (κ2) is 11.0. The molecule has 12 heteroatoms.